The summed E-state index contributed by atoms with van der Waals surface area (Å²) in [7, 11) is -2.67. The lowest BCUT2D eigenvalue weighted by molar-refractivity contribution is 0.0474. The molecule has 18 heavy (non-hydrogen) atoms. The average Bonchev–Trinajstić information content (AvgIpc) is 1.93. The van der Waals surface area contributed by atoms with Crippen LogP contribution < -0.4 is 5.32 Å². The molecule has 0 aromatic rings. The second kappa shape index (κ2) is 5.47. The molecule has 2 N–H and O–H groups in total. The number of carbonyl (C=O) groups excluding carboxylic acids is 1. The van der Waals surface area contributed by atoms with Crippen molar-refractivity contribution in [2.75, 3.05) is 12.0 Å². The number of carbonyl (C=O) groups is 1. The topological polar surface area (TPSA) is 79.2 Å². The molecular formula is C12H26N2O3S. The molecule has 6 heteroatoms. The van der Waals surface area contributed by atoms with Gasteiger partial charge in [0.1, 0.15) is 5.60 Å². The molecule has 0 aromatic heterocycles. The normalized spacial score (nSPS) is 17.7. The van der Waals surface area contributed by atoms with E-state index in [1.807, 2.05) is 20.8 Å². The number of rotatable bonds is 3. The van der Waals surface area contributed by atoms with Gasteiger partial charge >= 0.3 is 6.09 Å². The van der Waals surface area contributed by atoms with Crippen LogP contribution in [-0.2, 0) is 14.5 Å². The maximum atomic E-state index is 11.7. The molecule has 108 valence electrons. The van der Waals surface area contributed by atoms with Gasteiger partial charge in [0.15, 0.2) is 0 Å². The van der Waals surface area contributed by atoms with Crippen LogP contribution in [0.15, 0.2) is 0 Å². The van der Waals surface area contributed by atoms with E-state index < -0.39 is 21.4 Å². The minimum absolute atomic E-state index is 0.121. The van der Waals surface area contributed by atoms with E-state index in [0.29, 0.717) is 0 Å². The van der Waals surface area contributed by atoms with Crippen LogP contribution in [0.4, 0.5) is 4.79 Å². The van der Waals surface area contributed by atoms with Gasteiger partial charge in [-0.2, -0.15) is 0 Å². The Hall–Kier alpha value is -0.780. The molecule has 5 nitrogen and oxygen atoms in total. The quantitative estimate of drug-likeness (QED) is 0.832. The molecule has 0 bridgehead atoms. The van der Waals surface area contributed by atoms with Gasteiger partial charge in [0.05, 0.1) is 5.75 Å². The Bertz CT molecular complexity index is 389. The summed E-state index contributed by atoms with van der Waals surface area (Å²) in [6, 6.07) is -0.359. The summed E-state index contributed by atoms with van der Waals surface area (Å²) in [5, 5.41) is 2.71. The predicted molar refractivity (Wildman–Crippen MR) is 74.3 cm³/mol. The Morgan fingerprint density at radius 2 is 1.72 bits per heavy atom. The molecule has 0 fully saturated rings. The summed E-state index contributed by atoms with van der Waals surface area (Å²) in [5.74, 6) is 0.121. The third kappa shape index (κ3) is 8.33. The summed E-state index contributed by atoms with van der Waals surface area (Å²) >= 11 is 0. The second-order valence-electron chi connectivity index (χ2n) is 6.74. The predicted octanol–water partition coefficient (Wildman–Crippen LogP) is 2.60. The van der Waals surface area contributed by atoms with Crippen LogP contribution in [0.1, 0.15) is 41.5 Å². The van der Waals surface area contributed by atoms with Crippen molar-refractivity contribution in [3.63, 3.8) is 0 Å². The maximum absolute atomic E-state index is 11.7. The molecule has 0 heterocycles. The first-order valence-electron chi connectivity index (χ1n) is 5.92. The van der Waals surface area contributed by atoms with Crippen LogP contribution in [0.3, 0.4) is 0 Å². The van der Waals surface area contributed by atoms with Crippen molar-refractivity contribution in [2.45, 2.75) is 53.2 Å². The highest BCUT2D eigenvalue weighted by Crippen LogP contribution is 2.21. The monoisotopic (exact) mass is 278 g/mol. The lowest BCUT2D eigenvalue weighted by atomic mass is 9.88. The fraction of sp³-hybridized carbons (Fsp3) is 0.917. The number of hydrogen-bond donors (Lipinski definition) is 2. The van der Waals surface area contributed by atoms with Gasteiger partial charge in [0, 0.05) is 22.0 Å². The summed E-state index contributed by atoms with van der Waals surface area (Å²) in [5.41, 5.74) is -0.849. The molecule has 0 aliphatic rings. The number of nitrogens with one attached hydrogen (secondary N) is 2. The van der Waals surface area contributed by atoms with Gasteiger partial charge in [0.2, 0.25) is 0 Å². The van der Waals surface area contributed by atoms with Gasteiger partial charge in [-0.05, 0) is 26.2 Å². The SMILES string of the molecule is CC(C)(C)OC(=O)NC(CS(C)(=N)=O)C(C)(C)C. The molecule has 1 amide bonds. The van der Waals surface area contributed by atoms with Crippen molar-refractivity contribution >= 4 is 15.8 Å². The van der Waals surface area contributed by atoms with Gasteiger partial charge in [0.25, 0.3) is 0 Å². The first-order chi connectivity index (χ1) is 7.71. The zero-order valence-corrected chi connectivity index (χ0v) is 13.2. The van der Waals surface area contributed by atoms with Gasteiger partial charge in [-0.1, -0.05) is 20.8 Å². The molecule has 0 spiro atoms. The molecule has 2 atom stereocenters. The van der Waals surface area contributed by atoms with E-state index in [-0.39, 0.29) is 17.2 Å². The van der Waals surface area contributed by atoms with Crippen LogP contribution >= 0.6 is 0 Å². The van der Waals surface area contributed by atoms with E-state index in [0.717, 1.165) is 0 Å². The average molecular weight is 278 g/mol. The van der Waals surface area contributed by atoms with Crippen molar-refractivity contribution in [1.82, 2.24) is 5.32 Å². The third-order valence-corrected chi connectivity index (χ3v) is 3.19. The smallest absolute Gasteiger partial charge is 0.407 e. The molecule has 0 rings (SSSR count). The first kappa shape index (κ1) is 17.2. The summed E-state index contributed by atoms with van der Waals surface area (Å²) < 4.78 is 24.3. The molecule has 0 radical (unpaired) electrons. The van der Waals surface area contributed by atoms with Crippen molar-refractivity contribution in [3.05, 3.63) is 0 Å². The fourth-order valence-corrected chi connectivity index (χ4v) is 2.50. The van der Waals surface area contributed by atoms with Crippen molar-refractivity contribution < 1.29 is 13.7 Å². The minimum Gasteiger partial charge on any atom is -0.444 e. The lowest BCUT2D eigenvalue weighted by Gasteiger charge is -2.32. The van der Waals surface area contributed by atoms with Crippen LogP contribution in [0, 0.1) is 10.2 Å². The minimum atomic E-state index is -2.67. The number of ether oxygens (including phenoxy) is 1. The Labute approximate surface area is 111 Å². The van der Waals surface area contributed by atoms with Crippen molar-refractivity contribution in [1.29, 1.82) is 4.78 Å². The molecule has 0 saturated heterocycles. The van der Waals surface area contributed by atoms with Crippen LogP contribution in [0.2, 0.25) is 0 Å². The maximum Gasteiger partial charge on any atom is 0.407 e. The van der Waals surface area contributed by atoms with Crippen molar-refractivity contribution in [2.24, 2.45) is 5.41 Å². The second-order valence-corrected chi connectivity index (χ2v) is 9.08. The Morgan fingerprint density at radius 1 is 1.28 bits per heavy atom. The molecule has 0 aliphatic carbocycles. The summed E-state index contributed by atoms with van der Waals surface area (Å²) in [6.07, 6.45) is 0.841. The van der Waals surface area contributed by atoms with Crippen LogP contribution in [0.25, 0.3) is 0 Å². The van der Waals surface area contributed by atoms with E-state index in [4.69, 9.17) is 9.52 Å². The number of alkyl carbamates (subject to hydrolysis) is 1. The molecular weight excluding hydrogens is 252 g/mol. The summed E-state index contributed by atoms with van der Waals surface area (Å²) in [6.45, 7) is 11.1. The standard InChI is InChI=1S/C12H26N2O3S/c1-11(2,3)9(8-18(7,13)16)14-10(15)17-12(4,5)6/h9,13H,8H2,1-7H3,(H,14,15). The highest BCUT2D eigenvalue weighted by atomic mass is 32.2. The lowest BCUT2D eigenvalue weighted by Crippen LogP contribution is -2.49. The Morgan fingerprint density at radius 3 is 2.00 bits per heavy atom. The van der Waals surface area contributed by atoms with E-state index in [1.165, 1.54) is 6.26 Å². The first-order valence-corrected chi connectivity index (χ1v) is 8.05. The molecule has 0 aromatic carbocycles. The van der Waals surface area contributed by atoms with Gasteiger partial charge in [-0.25, -0.2) is 4.79 Å². The van der Waals surface area contributed by atoms with E-state index in [1.54, 1.807) is 20.8 Å². The van der Waals surface area contributed by atoms with E-state index in [9.17, 15) is 9.00 Å². The van der Waals surface area contributed by atoms with Gasteiger partial charge in [-0.3, -0.25) is 8.99 Å². The van der Waals surface area contributed by atoms with Gasteiger partial charge in [-0.15, -0.1) is 0 Å². The highest BCUT2D eigenvalue weighted by Gasteiger charge is 2.30. The van der Waals surface area contributed by atoms with Crippen LogP contribution in [0.5, 0.6) is 0 Å². The molecule has 2 unspecified atom stereocenters. The third-order valence-electron chi connectivity index (χ3n) is 2.22. The van der Waals surface area contributed by atoms with Crippen molar-refractivity contribution in [3.8, 4) is 0 Å². The zero-order valence-electron chi connectivity index (χ0n) is 12.4. The number of amides is 1. The zero-order chi connectivity index (χ0) is 14.8. The Balaban J connectivity index is 4.78. The Kier molecular flexibility index (Phi) is 5.23. The van der Waals surface area contributed by atoms with E-state index >= 15 is 0 Å². The molecule has 0 saturated carbocycles. The number of hydrogen-bond acceptors (Lipinski definition) is 4. The fourth-order valence-electron chi connectivity index (χ4n) is 1.28. The largest absolute Gasteiger partial charge is 0.444 e. The van der Waals surface area contributed by atoms with Crippen LogP contribution in [-0.4, -0.2) is 34.0 Å². The van der Waals surface area contributed by atoms with E-state index in [2.05, 4.69) is 5.32 Å². The highest BCUT2D eigenvalue weighted by molar-refractivity contribution is 7.91. The van der Waals surface area contributed by atoms with Gasteiger partial charge < -0.3 is 10.1 Å². The summed E-state index contributed by atoms with van der Waals surface area (Å²) in [4.78, 5) is 11.7. The molecule has 0 aliphatic heterocycles.